The van der Waals surface area contributed by atoms with E-state index < -0.39 is 5.41 Å². The molecule has 0 atom stereocenters. The van der Waals surface area contributed by atoms with Gasteiger partial charge in [0.1, 0.15) is 0 Å². The first kappa shape index (κ1) is 15.5. The molecule has 2 aliphatic heterocycles. The fraction of sp³-hybridized carbons (Fsp3) is 0.611. The highest BCUT2D eigenvalue weighted by Gasteiger charge is 2.47. The third-order valence-electron chi connectivity index (χ3n) is 4.97. The Morgan fingerprint density at radius 1 is 1.27 bits per heavy atom. The molecular weight excluding hydrogens is 274 g/mol. The number of carbonyl (C=O) groups excluding carboxylic acids is 1. The number of fused-ring (bicyclic) bond motifs is 1. The number of carbonyl (C=O) groups is 1. The number of hydrogen-bond acceptors (Lipinski definition) is 3. The standard InChI is InChI=1S/C18H27N3O/c1-4-13-20(14-9-11-19-12-10-14)21-16-8-6-5-7-15(16)18(2,3)17(21)22/h5-8,14,19H,4,9-13H2,1-3H3. The molecule has 0 aromatic heterocycles. The van der Waals surface area contributed by atoms with Gasteiger partial charge in [0.2, 0.25) is 0 Å². The number of nitrogens with zero attached hydrogens (tertiary/aromatic N) is 2. The number of piperidine rings is 1. The Kier molecular flexibility index (Phi) is 4.24. The Bertz CT molecular complexity index is 549. The average Bonchev–Trinajstić information content (AvgIpc) is 2.74. The highest BCUT2D eigenvalue weighted by Crippen LogP contribution is 2.42. The van der Waals surface area contributed by atoms with Crippen LogP contribution in [0.2, 0.25) is 0 Å². The number of benzene rings is 1. The molecule has 0 spiro atoms. The Labute approximate surface area is 133 Å². The lowest BCUT2D eigenvalue weighted by molar-refractivity contribution is -0.125. The fourth-order valence-electron chi connectivity index (χ4n) is 3.71. The van der Waals surface area contributed by atoms with Crippen molar-refractivity contribution in [2.75, 3.05) is 24.6 Å². The zero-order valence-corrected chi connectivity index (χ0v) is 13.9. The van der Waals surface area contributed by atoms with Crippen LogP contribution in [0.1, 0.15) is 45.6 Å². The normalized spacial score (nSPS) is 21.5. The van der Waals surface area contributed by atoms with Crippen molar-refractivity contribution in [3.8, 4) is 0 Å². The van der Waals surface area contributed by atoms with E-state index in [2.05, 4.69) is 29.4 Å². The molecule has 0 radical (unpaired) electrons. The molecule has 2 heterocycles. The molecule has 0 bridgehead atoms. The lowest BCUT2D eigenvalue weighted by atomic mass is 9.86. The van der Waals surface area contributed by atoms with Crippen LogP contribution in [0, 0.1) is 0 Å². The van der Waals surface area contributed by atoms with Crippen LogP contribution in [0.3, 0.4) is 0 Å². The summed E-state index contributed by atoms with van der Waals surface area (Å²) in [6.45, 7) is 9.28. The summed E-state index contributed by atoms with van der Waals surface area (Å²) in [4.78, 5) is 13.1. The summed E-state index contributed by atoms with van der Waals surface area (Å²) in [6, 6.07) is 8.71. The summed E-state index contributed by atoms with van der Waals surface area (Å²) in [6.07, 6.45) is 3.26. The molecule has 4 heteroatoms. The predicted octanol–water partition coefficient (Wildman–Crippen LogP) is 2.69. The molecule has 0 unspecified atom stereocenters. The van der Waals surface area contributed by atoms with E-state index >= 15 is 0 Å². The lowest BCUT2D eigenvalue weighted by Gasteiger charge is -2.40. The number of rotatable bonds is 4. The number of amides is 1. The Morgan fingerprint density at radius 2 is 1.95 bits per heavy atom. The SMILES string of the molecule is CCCN(C1CCNCC1)N1C(=O)C(C)(C)c2ccccc21. The third-order valence-corrected chi connectivity index (χ3v) is 4.97. The van der Waals surface area contributed by atoms with E-state index in [1.807, 2.05) is 31.0 Å². The fourth-order valence-corrected chi connectivity index (χ4v) is 3.71. The van der Waals surface area contributed by atoms with Crippen LogP contribution < -0.4 is 10.3 Å². The average molecular weight is 301 g/mol. The largest absolute Gasteiger partial charge is 0.317 e. The van der Waals surface area contributed by atoms with Crippen LogP contribution in [0.25, 0.3) is 0 Å². The van der Waals surface area contributed by atoms with Crippen LogP contribution >= 0.6 is 0 Å². The second kappa shape index (κ2) is 6.01. The van der Waals surface area contributed by atoms with E-state index in [0.29, 0.717) is 6.04 Å². The van der Waals surface area contributed by atoms with Crippen molar-refractivity contribution in [3.05, 3.63) is 29.8 Å². The van der Waals surface area contributed by atoms with Gasteiger partial charge in [0.15, 0.2) is 0 Å². The number of nitrogens with one attached hydrogen (secondary N) is 1. The van der Waals surface area contributed by atoms with Gasteiger partial charge in [-0.2, -0.15) is 0 Å². The minimum Gasteiger partial charge on any atom is -0.317 e. The van der Waals surface area contributed by atoms with Crippen LogP contribution in [-0.4, -0.2) is 36.6 Å². The zero-order chi connectivity index (χ0) is 15.7. The van der Waals surface area contributed by atoms with E-state index in [-0.39, 0.29) is 5.91 Å². The molecule has 1 saturated heterocycles. The van der Waals surface area contributed by atoms with Gasteiger partial charge in [0.05, 0.1) is 11.1 Å². The molecule has 4 nitrogen and oxygen atoms in total. The van der Waals surface area contributed by atoms with Gasteiger partial charge in [0, 0.05) is 12.6 Å². The molecule has 1 aromatic carbocycles. The topological polar surface area (TPSA) is 35.6 Å². The maximum absolute atomic E-state index is 13.1. The first-order valence-corrected chi connectivity index (χ1v) is 8.48. The van der Waals surface area contributed by atoms with Crippen LogP contribution in [0.5, 0.6) is 0 Å². The minimum atomic E-state index is -0.435. The van der Waals surface area contributed by atoms with Crippen LogP contribution in [0.15, 0.2) is 24.3 Å². The minimum absolute atomic E-state index is 0.209. The number of anilines is 1. The van der Waals surface area contributed by atoms with E-state index in [0.717, 1.165) is 50.1 Å². The monoisotopic (exact) mass is 301 g/mol. The van der Waals surface area contributed by atoms with Crippen LogP contribution in [0.4, 0.5) is 5.69 Å². The summed E-state index contributed by atoms with van der Waals surface area (Å²) in [5.74, 6) is 0.209. The number of para-hydroxylation sites is 1. The van der Waals surface area contributed by atoms with Crippen molar-refractivity contribution >= 4 is 11.6 Å². The summed E-state index contributed by atoms with van der Waals surface area (Å²) in [5.41, 5.74) is 1.79. The Morgan fingerprint density at radius 3 is 2.64 bits per heavy atom. The Hall–Kier alpha value is -1.39. The number of hydrogen-bond donors (Lipinski definition) is 1. The van der Waals surface area contributed by atoms with Crippen molar-refractivity contribution in [2.45, 2.75) is 51.5 Å². The second-order valence-corrected chi connectivity index (χ2v) is 6.90. The third kappa shape index (κ3) is 2.44. The molecule has 120 valence electrons. The molecule has 1 N–H and O–H groups in total. The molecule has 2 aliphatic rings. The molecule has 22 heavy (non-hydrogen) atoms. The van der Waals surface area contributed by atoms with Crippen LogP contribution in [-0.2, 0) is 10.2 Å². The van der Waals surface area contributed by atoms with Gasteiger partial charge >= 0.3 is 0 Å². The van der Waals surface area contributed by atoms with Crippen molar-refractivity contribution in [1.29, 1.82) is 0 Å². The maximum atomic E-state index is 13.1. The smallest absolute Gasteiger partial charge is 0.251 e. The van der Waals surface area contributed by atoms with Crippen molar-refractivity contribution in [3.63, 3.8) is 0 Å². The van der Waals surface area contributed by atoms with Crippen molar-refractivity contribution in [2.24, 2.45) is 0 Å². The van der Waals surface area contributed by atoms with E-state index in [9.17, 15) is 4.79 Å². The maximum Gasteiger partial charge on any atom is 0.251 e. The summed E-state index contributed by atoms with van der Waals surface area (Å²) < 4.78 is 0. The van der Waals surface area contributed by atoms with Gasteiger partial charge in [-0.25, -0.2) is 10.0 Å². The van der Waals surface area contributed by atoms with Gasteiger partial charge < -0.3 is 5.32 Å². The first-order valence-electron chi connectivity index (χ1n) is 8.48. The Balaban J connectivity index is 1.98. The van der Waals surface area contributed by atoms with Gasteiger partial charge in [0.25, 0.3) is 5.91 Å². The van der Waals surface area contributed by atoms with E-state index in [4.69, 9.17) is 0 Å². The zero-order valence-electron chi connectivity index (χ0n) is 13.9. The molecule has 3 rings (SSSR count). The molecule has 1 fully saturated rings. The molecule has 0 saturated carbocycles. The van der Waals surface area contributed by atoms with Crippen molar-refractivity contribution in [1.82, 2.24) is 10.3 Å². The summed E-state index contributed by atoms with van der Waals surface area (Å²) in [7, 11) is 0. The highest BCUT2D eigenvalue weighted by molar-refractivity contribution is 6.06. The second-order valence-electron chi connectivity index (χ2n) is 6.90. The molecule has 1 aromatic rings. The quantitative estimate of drug-likeness (QED) is 0.929. The van der Waals surface area contributed by atoms with Gasteiger partial charge in [-0.15, -0.1) is 0 Å². The molecular formula is C18H27N3O. The summed E-state index contributed by atoms with van der Waals surface area (Å²) in [5, 5.41) is 7.73. The van der Waals surface area contributed by atoms with Crippen molar-refractivity contribution < 1.29 is 4.79 Å². The first-order chi connectivity index (χ1) is 10.6. The summed E-state index contributed by atoms with van der Waals surface area (Å²) >= 11 is 0. The predicted molar refractivity (Wildman–Crippen MR) is 89.8 cm³/mol. The number of hydrazine groups is 1. The van der Waals surface area contributed by atoms with E-state index in [1.54, 1.807) is 0 Å². The molecule has 1 amide bonds. The van der Waals surface area contributed by atoms with Gasteiger partial charge in [-0.1, -0.05) is 25.1 Å². The van der Waals surface area contributed by atoms with Gasteiger partial charge in [-0.3, -0.25) is 4.79 Å². The van der Waals surface area contributed by atoms with E-state index in [1.165, 1.54) is 0 Å². The lowest BCUT2D eigenvalue weighted by Crippen LogP contribution is -2.55. The highest BCUT2D eigenvalue weighted by atomic mass is 16.2. The van der Waals surface area contributed by atoms with Gasteiger partial charge in [-0.05, 0) is 57.8 Å². The molecule has 0 aliphatic carbocycles.